The van der Waals surface area contributed by atoms with Crippen LogP contribution < -0.4 is 20.7 Å². The number of urea groups is 1. The minimum Gasteiger partial charge on any atom is -0.447 e. The highest BCUT2D eigenvalue weighted by Crippen LogP contribution is 2.38. The highest BCUT2D eigenvalue weighted by molar-refractivity contribution is 7.89. The zero-order chi connectivity index (χ0) is 31.2. The van der Waals surface area contributed by atoms with E-state index in [0.29, 0.717) is 47.1 Å². The van der Waals surface area contributed by atoms with E-state index >= 15 is 0 Å². The van der Waals surface area contributed by atoms with Crippen molar-refractivity contribution in [3.05, 3.63) is 65.3 Å². The zero-order valence-corrected chi connectivity index (χ0v) is 26.6. The molecular weight excluding hydrogens is 590 g/mol. The number of ether oxygens (including phenoxy) is 2. The third kappa shape index (κ3) is 9.48. The lowest BCUT2D eigenvalue weighted by atomic mass is 10.1. The molecule has 0 spiro atoms. The number of hydrogen-bond donors (Lipinski definition) is 4. The number of hydrogen-bond acceptors (Lipinski definition) is 8. The molecule has 232 valence electrons. The van der Waals surface area contributed by atoms with Crippen LogP contribution in [0.4, 0.5) is 15.3 Å². The molecule has 0 saturated carbocycles. The van der Waals surface area contributed by atoms with E-state index in [-0.39, 0.29) is 23.1 Å². The molecule has 1 fully saturated rings. The topological polar surface area (TPSA) is 148 Å². The van der Waals surface area contributed by atoms with Crippen molar-refractivity contribution in [3.63, 3.8) is 0 Å². The molecular formula is C30H39N5O6S2. The number of anilines is 1. The summed E-state index contributed by atoms with van der Waals surface area (Å²) in [5.41, 5.74) is 1.00. The van der Waals surface area contributed by atoms with Crippen molar-refractivity contribution < 1.29 is 27.5 Å². The Morgan fingerprint density at radius 2 is 1.86 bits per heavy atom. The Labute approximate surface area is 256 Å². The summed E-state index contributed by atoms with van der Waals surface area (Å²) in [6.45, 7) is 9.51. The van der Waals surface area contributed by atoms with Crippen molar-refractivity contribution in [1.29, 1.82) is 0 Å². The molecule has 43 heavy (non-hydrogen) atoms. The monoisotopic (exact) mass is 629 g/mol. The molecule has 3 amide bonds. The number of aromatic nitrogens is 1. The minimum absolute atomic E-state index is 0.0241. The number of sulfonamides is 1. The Balaban J connectivity index is 1.50. The molecule has 2 atom stereocenters. The Kier molecular flexibility index (Phi) is 10.4. The van der Waals surface area contributed by atoms with Gasteiger partial charge in [0.25, 0.3) is 0 Å². The van der Waals surface area contributed by atoms with E-state index in [1.54, 1.807) is 52.9 Å². The van der Waals surface area contributed by atoms with Crippen LogP contribution in [0.5, 0.6) is 0 Å². The number of alkyl carbamates (subject to hydrolysis) is 1. The predicted molar refractivity (Wildman–Crippen MR) is 166 cm³/mol. The molecule has 3 aromatic rings. The number of carbonyl (C=O) groups is 2. The van der Waals surface area contributed by atoms with Gasteiger partial charge >= 0.3 is 12.1 Å². The summed E-state index contributed by atoms with van der Waals surface area (Å²) in [4.78, 5) is 29.7. The Bertz CT molecular complexity index is 1510. The number of rotatable bonds is 9. The summed E-state index contributed by atoms with van der Waals surface area (Å²) in [6, 6.07) is 13.6. The van der Waals surface area contributed by atoms with E-state index in [1.165, 1.54) is 17.4 Å². The van der Waals surface area contributed by atoms with Gasteiger partial charge in [0.05, 0.1) is 28.5 Å². The molecule has 11 nitrogen and oxygen atoms in total. The standard InChI is InChI=1S/C30H39N5O6S2/c1-19(2)41-29(37)34-22-12-14-24(40-18-22)27-31-17-25(42-27)23-13-11-21(15-26(23)43(38,39)35-30(3,4)5)33-28(36)32-16-20-9-7-6-8-10-20/h6-11,13,15,17,19,22,24,35H,12,14,16,18H2,1-5H3,(H,34,37)(H2,32,33,36)/t22?,24-/m1/s1. The van der Waals surface area contributed by atoms with Crippen LogP contribution in [-0.4, -0.2) is 49.8 Å². The maximum absolute atomic E-state index is 13.6. The first-order chi connectivity index (χ1) is 20.3. The molecule has 2 aromatic carbocycles. The van der Waals surface area contributed by atoms with Crippen LogP contribution in [0, 0.1) is 0 Å². The van der Waals surface area contributed by atoms with Crippen LogP contribution in [0.2, 0.25) is 0 Å². The Morgan fingerprint density at radius 3 is 2.51 bits per heavy atom. The zero-order valence-electron chi connectivity index (χ0n) is 25.0. The van der Waals surface area contributed by atoms with E-state index < -0.39 is 27.7 Å². The van der Waals surface area contributed by atoms with Gasteiger partial charge in [-0.25, -0.2) is 27.7 Å². The normalized spacial score (nSPS) is 17.3. The summed E-state index contributed by atoms with van der Waals surface area (Å²) >= 11 is 1.35. The highest BCUT2D eigenvalue weighted by Gasteiger charge is 2.29. The summed E-state index contributed by atoms with van der Waals surface area (Å²) in [5, 5.41) is 9.06. The number of nitrogens with zero attached hydrogens (tertiary/aromatic N) is 1. The fraction of sp³-hybridized carbons (Fsp3) is 0.433. The Hall–Kier alpha value is -3.52. The van der Waals surface area contributed by atoms with E-state index in [4.69, 9.17) is 9.47 Å². The average molecular weight is 630 g/mol. The Morgan fingerprint density at radius 1 is 1.12 bits per heavy atom. The lowest BCUT2D eigenvalue weighted by Crippen LogP contribution is -2.42. The van der Waals surface area contributed by atoms with Gasteiger partial charge < -0.3 is 25.4 Å². The molecule has 1 aliphatic rings. The second-order valence-corrected chi connectivity index (χ2v) is 14.3. The smallest absolute Gasteiger partial charge is 0.407 e. The highest BCUT2D eigenvalue weighted by atomic mass is 32.2. The molecule has 4 N–H and O–H groups in total. The van der Waals surface area contributed by atoms with Crippen molar-refractivity contribution in [1.82, 2.24) is 20.3 Å². The third-order valence-electron chi connectivity index (χ3n) is 6.27. The molecule has 1 aromatic heterocycles. The molecule has 4 rings (SSSR count). The van der Waals surface area contributed by atoms with Crippen molar-refractivity contribution in [2.24, 2.45) is 0 Å². The minimum atomic E-state index is -3.98. The van der Waals surface area contributed by atoms with Gasteiger partial charge in [-0.05, 0) is 65.2 Å². The summed E-state index contributed by atoms with van der Waals surface area (Å²) < 4.78 is 41.0. The lowest BCUT2D eigenvalue weighted by molar-refractivity contribution is -0.00533. The van der Waals surface area contributed by atoms with Crippen LogP contribution >= 0.6 is 11.3 Å². The van der Waals surface area contributed by atoms with Crippen LogP contribution in [0.15, 0.2) is 59.6 Å². The van der Waals surface area contributed by atoms with Gasteiger partial charge in [0.2, 0.25) is 10.0 Å². The van der Waals surface area contributed by atoms with Crippen LogP contribution in [0.3, 0.4) is 0 Å². The summed E-state index contributed by atoms with van der Waals surface area (Å²) in [5.74, 6) is 0. The number of thiazole rings is 1. The maximum atomic E-state index is 13.6. The van der Waals surface area contributed by atoms with Crippen molar-refractivity contribution in [3.8, 4) is 10.4 Å². The van der Waals surface area contributed by atoms with Crippen LogP contribution in [-0.2, 0) is 26.0 Å². The van der Waals surface area contributed by atoms with Gasteiger partial charge in [-0.1, -0.05) is 36.4 Å². The third-order valence-corrected chi connectivity index (χ3v) is 9.19. The number of carbonyl (C=O) groups excluding carboxylic acids is 2. The lowest BCUT2D eigenvalue weighted by Gasteiger charge is -2.28. The molecule has 0 aliphatic carbocycles. The largest absolute Gasteiger partial charge is 0.447 e. The van der Waals surface area contributed by atoms with Crippen LogP contribution in [0.25, 0.3) is 10.4 Å². The van der Waals surface area contributed by atoms with E-state index in [0.717, 1.165) is 5.56 Å². The fourth-order valence-electron chi connectivity index (χ4n) is 4.47. The van der Waals surface area contributed by atoms with Crippen molar-refractivity contribution in [2.75, 3.05) is 11.9 Å². The first kappa shape index (κ1) is 32.4. The predicted octanol–water partition coefficient (Wildman–Crippen LogP) is 5.56. The van der Waals surface area contributed by atoms with Gasteiger partial charge in [-0.3, -0.25) is 0 Å². The first-order valence-electron chi connectivity index (χ1n) is 14.1. The SMILES string of the molecule is CC(C)OC(=O)NC1CC[C@H](c2ncc(-c3ccc(NC(=O)NCc4ccccc4)cc3S(=O)(=O)NC(C)(C)C)s2)OC1. The van der Waals surface area contributed by atoms with Gasteiger partial charge in [-0.2, -0.15) is 0 Å². The second-order valence-electron chi connectivity index (χ2n) is 11.6. The summed E-state index contributed by atoms with van der Waals surface area (Å²) in [6.07, 6.45) is 2.01. The number of amides is 3. The molecule has 0 radical (unpaired) electrons. The maximum Gasteiger partial charge on any atom is 0.407 e. The van der Waals surface area contributed by atoms with Crippen molar-refractivity contribution >= 4 is 39.2 Å². The molecule has 1 aliphatic heterocycles. The summed E-state index contributed by atoms with van der Waals surface area (Å²) in [7, 11) is -3.98. The molecule has 1 saturated heterocycles. The average Bonchev–Trinajstić information content (AvgIpc) is 3.41. The van der Waals surface area contributed by atoms with Gasteiger partial charge in [-0.15, -0.1) is 11.3 Å². The van der Waals surface area contributed by atoms with E-state index in [2.05, 4.69) is 25.7 Å². The van der Waals surface area contributed by atoms with Crippen LogP contribution in [0.1, 0.15) is 64.1 Å². The molecule has 2 heterocycles. The first-order valence-corrected chi connectivity index (χ1v) is 16.4. The van der Waals surface area contributed by atoms with E-state index in [9.17, 15) is 18.0 Å². The molecule has 13 heteroatoms. The van der Waals surface area contributed by atoms with Crippen molar-refractivity contribution in [2.45, 2.75) is 82.7 Å². The van der Waals surface area contributed by atoms with Gasteiger partial charge in [0, 0.05) is 29.5 Å². The quantitative estimate of drug-likeness (QED) is 0.242. The van der Waals surface area contributed by atoms with Gasteiger partial charge in [0.15, 0.2) is 0 Å². The molecule has 0 bridgehead atoms. The van der Waals surface area contributed by atoms with E-state index in [1.807, 2.05) is 30.3 Å². The van der Waals surface area contributed by atoms with Gasteiger partial charge in [0.1, 0.15) is 11.1 Å². The second kappa shape index (κ2) is 13.8. The fourth-order valence-corrected chi connectivity index (χ4v) is 7.25. The number of benzene rings is 2. The number of nitrogens with one attached hydrogen (secondary N) is 4. The molecule has 1 unspecified atom stereocenters.